The van der Waals surface area contributed by atoms with Crippen LogP contribution in [0.5, 0.6) is 0 Å². The smallest absolute Gasteiger partial charge is 0.0573 e. The molecule has 0 saturated heterocycles. The van der Waals surface area contributed by atoms with Gasteiger partial charge in [-0.3, -0.25) is 4.99 Å². The lowest BCUT2D eigenvalue weighted by molar-refractivity contribution is 0.277. The Balaban J connectivity index is 2.44. The number of aliphatic imine (C=N–C) groups is 1. The molecule has 102 valence electrons. The van der Waals surface area contributed by atoms with Crippen molar-refractivity contribution >= 4 is 6.72 Å². The molecule has 0 atom stereocenters. The molecule has 1 heteroatoms. The van der Waals surface area contributed by atoms with Crippen LogP contribution in [0.2, 0.25) is 0 Å². The van der Waals surface area contributed by atoms with Gasteiger partial charge < -0.3 is 0 Å². The van der Waals surface area contributed by atoms with Crippen molar-refractivity contribution < 1.29 is 0 Å². The lowest BCUT2D eigenvalue weighted by atomic mass is 9.75. The molecule has 0 spiro atoms. The van der Waals surface area contributed by atoms with Gasteiger partial charge in [0.25, 0.3) is 0 Å². The summed E-state index contributed by atoms with van der Waals surface area (Å²) in [7, 11) is 0. The molecular weight excluding hydrogens is 218 g/mol. The van der Waals surface area contributed by atoms with Gasteiger partial charge in [0, 0.05) is 0 Å². The van der Waals surface area contributed by atoms with Crippen molar-refractivity contribution in [2.45, 2.75) is 65.3 Å². The van der Waals surface area contributed by atoms with Crippen LogP contribution in [0.3, 0.4) is 0 Å². The maximum Gasteiger partial charge on any atom is 0.0573 e. The highest BCUT2D eigenvalue weighted by Crippen LogP contribution is 2.37. The lowest BCUT2D eigenvalue weighted by Gasteiger charge is -2.34. The molecule has 0 amide bonds. The molecule has 0 radical (unpaired) electrons. The number of allylic oxidation sites excluding steroid dienone is 4. The zero-order valence-electron chi connectivity index (χ0n) is 12.6. The van der Waals surface area contributed by atoms with E-state index in [1.165, 1.54) is 37.7 Å². The van der Waals surface area contributed by atoms with Crippen LogP contribution < -0.4 is 0 Å². The fraction of sp³-hybridized carbons (Fsp3) is 0.706. The molecule has 1 saturated carbocycles. The Labute approximate surface area is 113 Å². The molecule has 0 unspecified atom stereocenters. The van der Waals surface area contributed by atoms with Gasteiger partial charge in [0.1, 0.15) is 0 Å². The van der Waals surface area contributed by atoms with Gasteiger partial charge in [0.05, 0.1) is 5.54 Å². The van der Waals surface area contributed by atoms with Gasteiger partial charge in [-0.1, -0.05) is 37.6 Å². The van der Waals surface area contributed by atoms with Crippen molar-refractivity contribution in [3.63, 3.8) is 0 Å². The first-order valence-corrected chi connectivity index (χ1v) is 7.28. The summed E-state index contributed by atoms with van der Waals surface area (Å²) < 4.78 is 0. The van der Waals surface area contributed by atoms with Crippen LogP contribution >= 0.6 is 0 Å². The van der Waals surface area contributed by atoms with Gasteiger partial charge in [-0.25, -0.2) is 0 Å². The minimum atomic E-state index is 0.143. The minimum absolute atomic E-state index is 0.143. The molecule has 1 rings (SSSR count). The normalized spacial score (nSPS) is 30.1. The Kier molecular flexibility index (Phi) is 5.84. The Hall–Kier alpha value is -0.850. The predicted molar refractivity (Wildman–Crippen MR) is 82.3 cm³/mol. The van der Waals surface area contributed by atoms with Crippen LogP contribution in [0.25, 0.3) is 0 Å². The van der Waals surface area contributed by atoms with Gasteiger partial charge in [0.2, 0.25) is 0 Å². The number of hydrogen-bond donors (Lipinski definition) is 0. The Morgan fingerprint density at radius 3 is 2.50 bits per heavy atom. The zero-order chi connectivity index (χ0) is 13.6. The average molecular weight is 247 g/mol. The summed E-state index contributed by atoms with van der Waals surface area (Å²) in [5, 5.41) is 0. The van der Waals surface area contributed by atoms with Crippen molar-refractivity contribution in [3.8, 4) is 0 Å². The van der Waals surface area contributed by atoms with Gasteiger partial charge in [-0.05, 0) is 64.5 Å². The monoisotopic (exact) mass is 247 g/mol. The molecule has 1 nitrogen and oxygen atoms in total. The van der Waals surface area contributed by atoms with E-state index in [9.17, 15) is 0 Å². The molecule has 0 aromatic heterocycles. The van der Waals surface area contributed by atoms with Gasteiger partial charge in [-0.15, -0.1) is 0 Å². The minimum Gasteiger partial charge on any atom is -0.295 e. The lowest BCUT2D eigenvalue weighted by Crippen LogP contribution is -2.28. The topological polar surface area (TPSA) is 12.4 Å². The number of rotatable bonds is 5. The summed E-state index contributed by atoms with van der Waals surface area (Å²) in [5.74, 6) is 1.51. The van der Waals surface area contributed by atoms with E-state index in [1.54, 1.807) is 0 Å². The van der Waals surface area contributed by atoms with E-state index in [0.29, 0.717) is 0 Å². The summed E-state index contributed by atoms with van der Waals surface area (Å²) in [6, 6.07) is 0. The molecule has 0 N–H and O–H groups in total. The van der Waals surface area contributed by atoms with Gasteiger partial charge in [-0.2, -0.15) is 0 Å². The van der Waals surface area contributed by atoms with Gasteiger partial charge in [0.15, 0.2) is 0 Å². The zero-order valence-corrected chi connectivity index (χ0v) is 12.6. The average Bonchev–Trinajstić information content (AvgIpc) is 2.35. The Morgan fingerprint density at radius 1 is 1.39 bits per heavy atom. The Morgan fingerprint density at radius 2 is 2.00 bits per heavy atom. The maximum atomic E-state index is 4.28. The predicted octanol–water partition coefficient (Wildman–Crippen LogP) is 5.18. The fourth-order valence-corrected chi connectivity index (χ4v) is 2.56. The third kappa shape index (κ3) is 4.80. The Bertz CT molecular complexity index is 315. The summed E-state index contributed by atoms with van der Waals surface area (Å²) in [5.41, 5.74) is 1.67. The first kappa shape index (κ1) is 15.2. The molecule has 0 heterocycles. The summed E-state index contributed by atoms with van der Waals surface area (Å²) in [4.78, 5) is 4.28. The van der Waals surface area contributed by atoms with Crippen LogP contribution in [0.15, 0.2) is 28.8 Å². The standard InChI is InChI=1S/C17H29N/c1-14(2)8-6-7-9-15(3)16-10-12-17(4,18-5)13-11-16/h6-7,9,14,16H,5,8,10-13H2,1-4H3/b7-6+,15-9+. The fourth-order valence-electron chi connectivity index (χ4n) is 2.56. The summed E-state index contributed by atoms with van der Waals surface area (Å²) in [6.07, 6.45) is 12.9. The van der Waals surface area contributed by atoms with Crippen molar-refractivity contribution in [3.05, 3.63) is 23.8 Å². The second-order valence-electron chi connectivity index (χ2n) is 6.40. The van der Waals surface area contributed by atoms with Crippen molar-refractivity contribution in [2.24, 2.45) is 16.8 Å². The van der Waals surface area contributed by atoms with Crippen LogP contribution in [0, 0.1) is 11.8 Å². The van der Waals surface area contributed by atoms with E-state index in [2.05, 4.69) is 57.6 Å². The van der Waals surface area contributed by atoms with Crippen molar-refractivity contribution in [1.29, 1.82) is 0 Å². The maximum absolute atomic E-state index is 4.28. The highest BCUT2D eigenvalue weighted by atomic mass is 14.8. The molecule has 1 aliphatic rings. The molecule has 18 heavy (non-hydrogen) atoms. The molecule has 0 aromatic carbocycles. The van der Waals surface area contributed by atoms with Crippen LogP contribution in [0.4, 0.5) is 0 Å². The van der Waals surface area contributed by atoms with Crippen LogP contribution in [0.1, 0.15) is 59.8 Å². The van der Waals surface area contributed by atoms with E-state index in [0.717, 1.165) is 11.8 Å². The molecule has 1 fully saturated rings. The third-order valence-electron chi connectivity index (χ3n) is 4.19. The highest BCUT2D eigenvalue weighted by Gasteiger charge is 2.29. The highest BCUT2D eigenvalue weighted by molar-refractivity contribution is 5.26. The van der Waals surface area contributed by atoms with Crippen molar-refractivity contribution in [2.75, 3.05) is 0 Å². The van der Waals surface area contributed by atoms with E-state index < -0.39 is 0 Å². The van der Waals surface area contributed by atoms with Gasteiger partial charge >= 0.3 is 0 Å². The van der Waals surface area contributed by atoms with Crippen LogP contribution in [-0.4, -0.2) is 12.3 Å². The number of hydrogen-bond acceptors (Lipinski definition) is 1. The quantitative estimate of drug-likeness (QED) is 0.468. The third-order valence-corrected chi connectivity index (χ3v) is 4.19. The molecule has 0 aliphatic heterocycles. The van der Waals surface area contributed by atoms with E-state index in [4.69, 9.17) is 0 Å². The largest absolute Gasteiger partial charge is 0.295 e. The van der Waals surface area contributed by atoms with Crippen LogP contribution in [-0.2, 0) is 0 Å². The molecule has 0 aromatic rings. The molecular formula is C17H29N. The first-order chi connectivity index (χ1) is 8.47. The second-order valence-corrected chi connectivity index (χ2v) is 6.40. The molecule has 0 bridgehead atoms. The number of nitrogens with zero attached hydrogens (tertiary/aromatic N) is 1. The second kappa shape index (κ2) is 6.92. The van der Waals surface area contributed by atoms with E-state index >= 15 is 0 Å². The summed E-state index contributed by atoms with van der Waals surface area (Å²) in [6.45, 7) is 12.7. The molecule has 1 aliphatic carbocycles. The van der Waals surface area contributed by atoms with Crippen molar-refractivity contribution in [1.82, 2.24) is 0 Å². The SMILES string of the molecule is C=NC1(C)CCC(/C(C)=C/C=C/CC(C)C)CC1. The first-order valence-electron chi connectivity index (χ1n) is 7.28. The summed E-state index contributed by atoms with van der Waals surface area (Å²) >= 11 is 0. The van der Waals surface area contributed by atoms with E-state index in [1.807, 2.05) is 0 Å². The van der Waals surface area contributed by atoms with E-state index in [-0.39, 0.29) is 5.54 Å².